The summed E-state index contributed by atoms with van der Waals surface area (Å²) in [5, 5.41) is 7.35. The first kappa shape index (κ1) is 35.2. The van der Waals surface area contributed by atoms with E-state index in [1.807, 2.05) is 23.5 Å². The van der Waals surface area contributed by atoms with E-state index in [2.05, 4.69) is 217 Å². The fourth-order valence-corrected chi connectivity index (χ4v) is 10.3. The quantitative estimate of drug-likeness (QED) is 0.160. The summed E-state index contributed by atoms with van der Waals surface area (Å²) in [6, 6.07) is 81.3. The predicted octanol–water partition coefficient (Wildman–Crippen LogP) is 17.2. The molecular weight excluding hydrogens is 759 g/mol. The molecule has 10 aromatic carbocycles. The zero-order valence-corrected chi connectivity index (χ0v) is 33.9. The summed E-state index contributed by atoms with van der Waals surface area (Å²) in [4.78, 5) is 2.41. The molecule has 0 unspecified atom stereocenters. The van der Waals surface area contributed by atoms with Gasteiger partial charge in [-0.15, -0.1) is 11.3 Å². The van der Waals surface area contributed by atoms with E-state index in [0.717, 1.165) is 55.7 Å². The molecule has 0 N–H and O–H groups in total. The fourth-order valence-electron chi connectivity index (χ4n) is 9.18. The standard InChI is InChI=1S/C58H37NOS/c1-2-17-45-39(13-1)14-12-23-49(45)48-20-4-3-18-46(48)41-15-11-16-44(35-41)59(43-31-27-38(28-32-43)40-29-33-52-51-22-7-10-26-57(51)61-58(52)37-40)54-24-8-5-19-47(54)42-30-34-56-53(36-42)50-21-6-9-25-55(50)60-56/h1-37H. The van der Waals surface area contributed by atoms with Gasteiger partial charge < -0.3 is 9.32 Å². The number of benzene rings is 10. The number of hydrogen-bond donors (Lipinski definition) is 0. The molecule has 0 saturated heterocycles. The summed E-state index contributed by atoms with van der Waals surface area (Å²) >= 11 is 1.86. The van der Waals surface area contributed by atoms with Gasteiger partial charge in [0.05, 0.1) is 5.69 Å². The van der Waals surface area contributed by atoms with Gasteiger partial charge in [-0.25, -0.2) is 0 Å². The van der Waals surface area contributed by atoms with E-state index in [1.54, 1.807) is 0 Å². The van der Waals surface area contributed by atoms with Crippen molar-refractivity contribution in [3.05, 3.63) is 224 Å². The molecule has 61 heavy (non-hydrogen) atoms. The Kier molecular flexibility index (Phi) is 8.39. The summed E-state index contributed by atoms with van der Waals surface area (Å²) in [5.41, 5.74) is 14.5. The number of para-hydroxylation sites is 2. The van der Waals surface area contributed by atoms with Crippen LogP contribution < -0.4 is 4.90 Å². The first-order valence-corrected chi connectivity index (χ1v) is 21.6. The normalized spacial score (nSPS) is 11.6. The second-order valence-corrected chi connectivity index (χ2v) is 16.7. The minimum Gasteiger partial charge on any atom is -0.456 e. The van der Waals surface area contributed by atoms with E-state index in [-0.39, 0.29) is 0 Å². The van der Waals surface area contributed by atoms with E-state index >= 15 is 0 Å². The first-order valence-electron chi connectivity index (χ1n) is 20.7. The van der Waals surface area contributed by atoms with Crippen LogP contribution >= 0.6 is 11.3 Å². The number of nitrogens with zero attached hydrogens (tertiary/aromatic N) is 1. The third-order valence-electron chi connectivity index (χ3n) is 12.1. The number of rotatable bonds is 7. The summed E-state index contributed by atoms with van der Waals surface area (Å²) < 4.78 is 8.88. The lowest BCUT2D eigenvalue weighted by Gasteiger charge is -2.28. The molecule has 0 aliphatic heterocycles. The zero-order valence-electron chi connectivity index (χ0n) is 33.1. The minimum absolute atomic E-state index is 0.890. The van der Waals surface area contributed by atoms with Crippen LogP contribution in [0.1, 0.15) is 0 Å². The van der Waals surface area contributed by atoms with Crippen LogP contribution in [0.3, 0.4) is 0 Å². The van der Waals surface area contributed by atoms with Crippen LogP contribution in [-0.2, 0) is 0 Å². The van der Waals surface area contributed by atoms with Crippen molar-refractivity contribution in [2.45, 2.75) is 0 Å². The Morgan fingerprint density at radius 2 is 0.934 bits per heavy atom. The summed E-state index contributed by atoms with van der Waals surface area (Å²) in [5.74, 6) is 0. The maximum absolute atomic E-state index is 6.26. The average Bonchev–Trinajstić information content (AvgIpc) is 3.90. The zero-order chi connectivity index (χ0) is 40.3. The van der Waals surface area contributed by atoms with E-state index in [1.165, 1.54) is 58.8 Å². The van der Waals surface area contributed by atoms with Crippen molar-refractivity contribution >= 4 is 81.3 Å². The Bertz CT molecular complexity index is 3610. The van der Waals surface area contributed by atoms with E-state index in [0.29, 0.717) is 0 Å². The van der Waals surface area contributed by atoms with Crippen LogP contribution in [0, 0.1) is 0 Å². The van der Waals surface area contributed by atoms with Crippen molar-refractivity contribution in [3.63, 3.8) is 0 Å². The van der Waals surface area contributed by atoms with Crippen molar-refractivity contribution in [2.24, 2.45) is 0 Å². The molecule has 0 aliphatic carbocycles. The number of hydrogen-bond acceptors (Lipinski definition) is 3. The third-order valence-corrected chi connectivity index (χ3v) is 13.2. The maximum atomic E-state index is 6.26. The molecule has 0 radical (unpaired) electrons. The molecule has 0 saturated carbocycles. The van der Waals surface area contributed by atoms with E-state index < -0.39 is 0 Å². The Morgan fingerprint density at radius 3 is 1.84 bits per heavy atom. The molecule has 0 atom stereocenters. The monoisotopic (exact) mass is 795 g/mol. The van der Waals surface area contributed by atoms with E-state index in [4.69, 9.17) is 4.42 Å². The predicted molar refractivity (Wildman–Crippen MR) is 261 cm³/mol. The van der Waals surface area contributed by atoms with Gasteiger partial charge >= 0.3 is 0 Å². The summed E-state index contributed by atoms with van der Waals surface area (Å²) in [7, 11) is 0. The molecule has 0 fully saturated rings. The average molecular weight is 796 g/mol. The summed E-state index contributed by atoms with van der Waals surface area (Å²) in [6.45, 7) is 0. The molecule has 2 heterocycles. The topological polar surface area (TPSA) is 16.4 Å². The van der Waals surface area contributed by atoms with Crippen molar-refractivity contribution < 1.29 is 4.42 Å². The Hall–Kier alpha value is -7.72. The lowest BCUT2D eigenvalue weighted by Crippen LogP contribution is -2.11. The highest BCUT2D eigenvalue weighted by atomic mass is 32.1. The number of thiophene rings is 1. The molecule has 3 heteroatoms. The fraction of sp³-hybridized carbons (Fsp3) is 0. The molecular formula is C58H37NOS. The first-order chi connectivity index (χ1) is 30.2. The van der Waals surface area contributed by atoms with Crippen LogP contribution in [0.15, 0.2) is 229 Å². The van der Waals surface area contributed by atoms with Crippen LogP contribution in [0.2, 0.25) is 0 Å². The number of furan rings is 1. The molecule has 0 bridgehead atoms. The van der Waals surface area contributed by atoms with Crippen LogP contribution in [-0.4, -0.2) is 0 Å². The highest BCUT2D eigenvalue weighted by Gasteiger charge is 2.20. The SMILES string of the molecule is c1cc(-c2ccccc2-c2cccc3ccccc23)cc(N(c2ccc(-c3ccc4c(c3)sc3ccccc34)cc2)c2ccccc2-c2ccc3oc4ccccc4c3c2)c1. The third kappa shape index (κ3) is 6.09. The van der Waals surface area contributed by atoms with Crippen molar-refractivity contribution in [3.8, 4) is 44.5 Å². The van der Waals surface area contributed by atoms with Gasteiger partial charge in [-0.1, -0.05) is 164 Å². The van der Waals surface area contributed by atoms with Crippen LogP contribution in [0.25, 0.3) is 97.4 Å². The maximum Gasteiger partial charge on any atom is 0.135 e. The van der Waals surface area contributed by atoms with Crippen molar-refractivity contribution in [2.75, 3.05) is 4.90 Å². The van der Waals surface area contributed by atoms with E-state index in [9.17, 15) is 0 Å². The Labute approximate surface area is 357 Å². The van der Waals surface area contributed by atoms with Gasteiger partial charge in [-0.2, -0.15) is 0 Å². The Morgan fingerprint density at radius 1 is 0.311 bits per heavy atom. The summed E-state index contributed by atoms with van der Waals surface area (Å²) in [6.07, 6.45) is 0. The molecule has 286 valence electrons. The van der Waals surface area contributed by atoms with Gasteiger partial charge in [-0.05, 0) is 110 Å². The van der Waals surface area contributed by atoms with Gasteiger partial charge in [0, 0.05) is 47.9 Å². The van der Waals surface area contributed by atoms with Gasteiger partial charge in [0.2, 0.25) is 0 Å². The van der Waals surface area contributed by atoms with Gasteiger partial charge in [-0.3, -0.25) is 0 Å². The molecule has 12 rings (SSSR count). The molecule has 2 aromatic heterocycles. The number of fused-ring (bicyclic) bond motifs is 7. The van der Waals surface area contributed by atoms with Gasteiger partial charge in [0.1, 0.15) is 11.2 Å². The van der Waals surface area contributed by atoms with Gasteiger partial charge in [0.25, 0.3) is 0 Å². The largest absolute Gasteiger partial charge is 0.456 e. The van der Waals surface area contributed by atoms with Crippen molar-refractivity contribution in [1.29, 1.82) is 0 Å². The molecule has 0 aliphatic rings. The molecule has 12 aromatic rings. The van der Waals surface area contributed by atoms with Gasteiger partial charge in [0.15, 0.2) is 0 Å². The molecule has 2 nitrogen and oxygen atoms in total. The lowest BCUT2D eigenvalue weighted by atomic mass is 9.91. The minimum atomic E-state index is 0.890. The lowest BCUT2D eigenvalue weighted by molar-refractivity contribution is 0.669. The van der Waals surface area contributed by atoms with Crippen LogP contribution in [0.5, 0.6) is 0 Å². The highest BCUT2D eigenvalue weighted by molar-refractivity contribution is 7.25. The molecule has 0 amide bonds. The second kappa shape index (κ2) is 14.5. The van der Waals surface area contributed by atoms with Crippen LogP contribution in [0.4, 0.5) is 17.1 Å². The smallest absolute Gasteiger partial charge is 0.135 e. The number of anilines is 3. The second-order valence-electron chi connectivity index (χ2n) is 15.6. The highest BCUT2D eigenvalue weighted by Crippen LogP contribution is 2.45. The Balaban J connectivity index is 1.01. The van der Waals surface area contributed by atoms with Crippen molar-refractivity contribution in [1.82, 2.24) is 0 Å². The molecule has 0 spiro atoms.